The number of nitro benzene ring substituents is 1. The van der Waals surface area contributed by atoms with Crippen molar-refractivity contribution in [3.63, 3.8) is 0 Å². The molecule has 0 atom stereocenters. The number of non-ortho nitro benzene ring substituents is 1. The van der Waals surface area contributed by atoms with Crippen molar-refractivity contribution < 1.29 is 22.8 Å². The fourth-order valence-electron chi connectivity index (χ4n) is 1.82. The summed E-state index contributed by atoms with van der Waals surface area (Å²) >= 11 is 0. The zero-order valence-electron chi connectivity index (χ0n) is 11.5. The molecule has 0 saturated heterocycles. The maximum atomic E-state index is 14.1. The number of aliphatic hydroxyl groups is 1. The van der Waals surface area contributed by atoms with Crippen molar-refractivity contribution in [3.8, 4) is 0 Å². The first-order valence-corrected chi connectivity index (χ1v) is 7.50. The van der Waals surface area contributed by atoms with E-state index in [1.165, 1.54) is 14.0 Å². The van der Waals surface area contributed by atoms with Gasteiger partial charge >= 0.3 is 0 Å². The largest absolute Gasteiger partial charge is 0.395 e. The summed E-state index contributed by atoms with van der Waals surface area (Å²) in [6.45, 7) is 0.951. The SMILES string of the molecule is CCN(CCO)S(=O)(=O)c1c(F)cc([N+](=O)[O-])cc1NC. The molecule has 0 aromatic heterocycles. The van der Waals surface area contributed by atoms with Crippen LogP contribution in [-0.4, -0.2) is 49.5 Å². The van der Waals surface area contributed by atoms with E-state index in [2.05, 4.69) is 5.32 Å². The Kier molecular flexibility index (Phi) is 5.58. The third-order valence-electron chi connectivity index (χ3n) is 2.81. The minimum absolute atomic E-state index is 0.0302. The zero-order chi connectivity index (χ0) is 16.2. The second-order valence-electron chi connectivity index (χ2n) is 4.03. The molecule has 8 nitrogen and oxygen atoms in total. The van der Waals surface area contributed by atoms with Gasteiger partial charge in [0.25, 0.3) is 5.69 Å². The Labute approximate surface area is 121 Å². The number of anilines is 1. The van der Waals surface area contributed by atoms with Crippen LogP contribution >= 0.6 is 0 Å². The minimum atomic E-state index is -4.22. The predicted molar refractivity (Wildman–Crippen MR) is 74.1 cm³/mol. The second kappa shape index (κ2) is 6.78. The third-order valence-corrected chi connectivity index (χ3v) is 4.86. The number of rotatable bonds is 7. The molecule has 0 saturated carbocycles. The normalized spacial score (nSPS) is 11.7. The zero-order valence-corrected chi connectivity index (χ0v) is 12.4. The Morgan fingerprint density at radius 1 is 1.48 bits per heavy atom. The summed E-state index contributed by atoms with van der Waals surface area (Å²) in [5.74, 6) is -1.22. The van der Waals surface area contributed by atoms with Crippen LogP contribution in [0.2, 0.25) is 0 Å². The van der Waals surface area contributed by atoms with Gasteiger partial charge in [-0.25, -0.2) is 12.8 Å². The highest BCUT2D eigenvalue weighted by Crippen LogP contribution is 2.31. The van der Waals surface area contributed by atoms with Crippen LogP contribution in [0.5, 0.6) is 0 Å². The van der Waals surface area contributed by atoms with E-state index in [-0.39, 0.29) is 18.8 Å². The van der Waals surface area contributed by atoms with E-state index in [4.69, 9.17) is 5.11 Å². The van der Waals surface area contributed by atoms with Gasteiger partial charge in [0.15, 0.2) is 5.82 Å². The molecule has 0 spiro atoms. The number of hydrogen-bond acceptors (Lipinski definition) is 6. The lowest BCUT2D eigenvalue weighted by Gasteiger charge is -2.21. The van der Waals surface area contributed by atoms with E-state index in [1.54, 1.807) is 0 Å². The molecule has 0 heterocycles. The molecule has 1 rings (SSSR count). The number of benzene rings is 1. The Morgan fingerprint density at radius 3 is 2.52 bits per heavy atom. The quantitative estimate of drug-likeness (QED) is 0.567. The summed E-state index contributed by atoms with van der Waals surface area (Å²) in [5, 5.41) is 22.0. The lowest BCUT2D eigenvalue weighted by Crippen LogP contribution is -2.34. The van der Waals surface area contributed by atoms with Crippen LogP contribution in [0.15, 0.2) is 17.0 Å². The molecule has 0 unspecified atom stereocenters. The van der Waals surface area contributed by atoms with Gasteiger partial charge in [0, 0.05) is 26.2 Å². The molecule has 0 aliphatic rings. The van der Waals surface area contributed by atoms with E-state index in [9.17, 15) is 22.9 Å². The number of nitrogens with zero attached hydrogens (tertiary/aromatic N) is 2. The van der Waals surface area contributed by atoms with Crippen molar-refractivity contribution in [2.45, 2.75) is 11.8 Å². The number of halogens is 1. The summed E-state index contributed by atoms with van der Waals surface area (Å²) in [6.07, 6.45) is 0. The average molecular weight is 321 g/mol. The Bertz CT molecular complexity index is 635. The molecule has 0 aliphatic carbocycles. The fraction of sp³-hybridized carbons (Fsp3) is 0.455. The van der Waals surface area contributed by atoms with Gasteiger partial charge in [0.05, 0.1) is 23.3 Å². The van der Waals surface area contributed by atoms with Crippen molar-refractivity contribution in [3.05, 3.63) is 28.1 Å². The van der Waals surface area contributed by atoms with Gasteiger partial charge in [0.2, 0.25) is 10.0 Å². The standard InChI is InChI=1S/C11H16FN3O5S/c1-3-14(4-5-16)21(19,20)11-9(12)6-8(15(17)18)7-10(11)13-2/h6-7,13,16H,3-5H2,1-2H3. The molecule has 10 heteroatoms. The first-order valence-electron chi connectivity index (χ1n) is 6.06. The second-order valence-corrected chi connectivity index (χ2v) is 5.91. The first kappa shape index (κ1) is 17.3. The van der Waals surface area contributed by atoms with Gasteiger partial charge in [0.1, 0.15) is 4.90 Å². The molecular formula is C11H16FN3O5S. The Morgan fingerprint density at radius 2 is 2.10 bits per heavy atom. The average Bonchev–Trinajstić information content (AvgIpc) is 2.42. The van der Waals surface area contributed by atoms with Gasteiger partial charge in [-0.1, -0.05) is 6.92 Å². The van der Waals surface area contributed by atoms with Gasteiger partial charge in [-0.3, -0.25) is 10.1 Å². The topological polar surface area (TPSA) is 113 Å². The van der Waals surface area contributed by atoms with Gasteiger partial charge in [-0.15, -0.1) is 0 Å². The molecule has 0 bridgehead atoms. The number of nitro groups is 1. The van der Waals surface area contributed by atoms with Crippen molar-refractivity contribution in [2.75, 3.05) is 32.1 Å². The number of likely N-dealkylation sites (N-methyl/N-ethyl adjacent to an activating group) is 1. The third kappa shape index (κ3) is 3.46. The van der Waals surface area contributed by atoms with Gasteiger partial charge < -0.3 is 10.4 Å². The van der Waals surface area contributed by atoms with Crippen molar-refractivity contribution in [2.24, 2.45) is 0 Å². The molecular weight excluding hydrogens is 305 g/mol. The number of sulfonamides is 1. The number of nitrogens with one attached hydrogen (secondary N) is 1. The van der Waals surface area contributed by atoms with Crippen LogP contribution < -0.4 is 5.32 Å². The molecule has 0 fully saturated rings. The summed E-state index contributed by atoms with van der Waals surface area (Å²) in [5.41, 5.74) is -0.765. The Hall–Kier alpha value is -1.78. The maximum absolute atomic E-state index is 14.1. The molecule has 1 aromatic carbocycles. The van der Waals surface area contributed by atoms with E-state index < -0.39 is 38.0 Å². The van der Waals surface area contributed by atoms with Gasteiger partial charge in [-0.05, 0) is 0 Å². The van der Waals surface area contributed by atoms with E-state index in [1.807, 2.05) is 0 Å². The highest BCUT2D eigenvalue weighted by atomic mass is 32.2. The molecule has 0 radical (unpaired) electrons. The summed E-state index contributed by atoms with van der Waals surface area (Å²) < 4.78 is 39.8. The van der Waals surface area contributed by atoms with Crippen molar-refractivity contribution >= 4 is 21.4 Å². The lowest BCUT2D eigenvalue weighted by atomic mass is 10.2. The van der Waals surface area contributed by atoms with Gasteiger partial charge in [-0.2, -0.15) is 4.31 Å². The number of hydrogen-bond donors (Lipinski definition) is 2. The molecule has 2 N–H and O–H groups in total. The highest BCUT2D eigenvalue weighted by molar-refractivity contribution is 7.89. The monoisotopic (exact) mass is 321 g/mol. The van der Waals surface area contributed by atoms with Crippen LogP contribution in [0.3, 0.4) is 0 Å². The number of aliphatic hydroxyl groups excluding tert-OH is 1. The van der Waals surface area contributed by atoms with E-state index in [0.29, 0.717) is 6.07 Å². The van der Waals surface area contributed by atoms with Crippen LogP contribution in [0.4, 0.5) is 15.8 Å². The summed E-state index contributed by atoms with van der Waals surface area (Å²) in [7, 11) is -2.88. The molecule has 0 aliphatic heterocycles. The molecule has 0 amide bonds. The first-order chi connectivity index (χ1) is 9.79. The van der Waals surface area contributed by atoms with E-state index >= 15 is 0 Å². The van der Waals surface area contributed by atoms with Crippen molar-refractivity contribution in [1.82, 2.24) is 4.31 Å². The maximum Gasteiger partial charge on any atom is 0.274 e. The van der Waals surface area contributed by atoms with Crippen molar-refractivity contribution in [1.29, 1.82) is 0 Å². The molecule has 118 valence electrons. The molecule has 1 aromatic rings. The molecule has 21 heavy (non-hydrogen) atoms. The highest BCUT2D eigenvalue weighted by Gasteiger charge is 2.31. The summed E-state index contributed by atoms with van der Waals surface area (Å²) in [6, 6.07) is 1.50. The van der Waals surface area contributed by atoms with Crippen LogP contribution in [0, 0.1) is 15.9 Å². The minimum Gasteiger partial charge on any atom is -0.395 e. The fourth-order valence-corrected chi connectivity index (χ4v) is 3.49. The predicted octanol–water partition coefficient (Wildman–Crippen LogP) is 0.779. The smallest absolute Gasteiger partial charge is 0.274 e. The Balaban J connectivity index is 3.51. The van der Waals surface area contributed by atoms with Crippen LogP contribution in [0.25, 0.3) is 0 Å². The van der Waals surface area contributed by atoms with Crippen LogP contribution in [0.1, 0.15) is 6.92 Å². The lowest BCUT2D eigenvalue weighted by molar-refractivity contribution is -0.385. The van der Waals surface area contributed by atoms with E-state index in [0.717, 1.165) is 10.4 Å². The summed E-state index contributed by atoms with van der Waals surface area (Å²) in [4.78, 5) is 9.20. The van der Waals surface area contributed by atoms with Crippen LogP contribution in [-0.2, 0) is 10.0 Å².